The minimum Gasteiger partial charge on any atom is -0.305 e. The van der Waals surface area contributed by atoms with Crippen molar-refractivity contribution in [2.75, 3.05) is 0 Å². The minimum atomic E-state index is -3.62. The molecule has 0 aliphatic carbocycles. The van der Waals surface area contributed by atoms with Crippen LogP contribution in [0.15, 0.2) is 65.2 Å². The van der Waals surface area contributed by atoms with Gasteiger partial charge in [-0.3, -0.25) is 15.1 Å². The van der Waals surface area contributed by atoms with E-state index < -0.39 is 11.8 Å². The van der Waals surface area contributed by atoms with E-state index in [0.717, 1.165) is 27.4 Å². The number of alkyl halides is 2. The molecule has 146 valence electrons. The summed E-state index contributed by atoms with van der Waals surface area (Å²) in [5, 5.41) is 20.5. The molecule has 0 aliphatic heterocycles. The van der Waals surface area contributed by atoms with Crippen molar-refractivity contribution in [1.82, 2.24) is 14.8 Å². The van der Waals surface area contributed by atoms with Gasteiger partial charge in [0.25, 0.3) is 0 Å². The smallest absolute Gasteiger partial charge is 0.305 e. The summed E-state index contributed by atoms with van der Waals surface area (Å²) < 4.78 is 30.8. The van der Waals surface area contributed by atoms with E-state index in [1.807, 2.05) is 31.2 Å². The Morgan fingerprint density at radius 2 is 2.03 bits per heavy atom. The van der Waals surface area contributed by atoms with Gasteiger partial charge in [0.2, 0.25) is 5.84 Å². The van der Waals surface area contributed by atoms with Crippen LogP contribution < -0.4 is 5.84 Å². The van der Waals surface area contributed by atoms with Crippen LogP contribution in [0.1, 0.15) is 16.8 Å². The van der Waals surface area contributed by atoms with Gasteiger partial charge in [0, 0.05) is 28.7 Å². The molecule has 2 aromatic heterocycles. The zero-order valence-electron chi connectivity index (χ0n) is 15.5. The number of hydrogen-bond donors (Lipinski definition) is 2. The van der Waals surface area contributed by atoms with Gasteiger partial charge in [-0.15, -0.1) is 5.11 Å². The highest BCUT2D eigenvalue weighted by Gasteiger charge is 2.38. The molecule has 4 aromatic rings. The molecule has 0 unspecified atom stereocenters. The van der Waals surface area contributed by atoms with E-state index in [1.54, 1.807) is 23.1 Å². The standard InChI is InChI=1S/C20H17F2N7/c1-12-16-6-5-15(20(21,22)19(23)26-28-24)9-18(16)29(27-12)11-14-4-2-3-13-10-25-8-7-17(13)14/h2-10H,11H2,1H3,(H3,23,24,26). The van der Waals surface area contributed by atoms with Crippen LogP contribution in [0.2, 0.25) is 0 Å². The molecule has 0 saturated heterocycles. The summed E-state index contributed by atoms with van der Waals surface area (Å²) >= 11 is 0. The van der Waals surface area contributed by atoms with Crippen LogP contribution in [0.3, 0.4) is 0 Å². The molecule has 0 fully saturated rings. The fourth-order valence-electron chi connectivity index (χ4n) is 3.40. The number of aryl methyl sites for hydroxylation is 1. The first kappa shape index (κ1) is 18.6. The lowest BCUT2D eigenvalue weighted by molar-refractivity contribution is 0.0732. The summed E-state index contributed by atoms with van der Waals surface area (Å²) in [5.41, 5.74) is 1.90. The topological polar surface area (TPSA) is 105 Å². The number of fused-ring (bicyclic) bond motifs is 2. The van der Waals surface area contributed by atoms with Gasteiger partial charge in [0.1, 0.15) is 0 Å². The maximum Gasteiger partial charge on any atom is 0.333 e. The molecule has 29 heavy (non-hydrogen) atoms. The predicted molar refractivity (Wildman–Crippen MR) is 106 cm³/mol. The molecule has 2 heterocycles. The molecule has 0 bridgehead atoms. The first-order valence-electron chi connectivity index (χ1n) is 8.79. The first-order chi connectivity index (χ1) is 13.9. The van der Waals surface area contributed by atoms with Gasteiger partial charge < -0.3 is 5.84 Å². The van der Waals surface area contributed by atoms with Gasteiger partial charge in [0.05, 0.1) is 17.8 Å². The van der Waals surface area contributed by atoms with E-state index >= 15 is 0 Å². The maximum atomic E-state index is 14.6. The van der Waals surface area contributed by atoms with Crippen molar-refractivity contribution >= 4 is 27.5 Å². The molecule has 0 spiro atoms. The predicted octanol–water partition coefficient (Wildman–Crippen LogP) is 4.34. The maximum absolute atomic E-state index is 14.6. The van der Waals surface area contributed by atoms with E-state index in [1.165, 1.54) is 12.1 Å². The third kappa shape index (κ3) is 3.20. The summed E-state index contributed by atoms with van der Waals surface area (Å²) in [7, 11) is 0. The molecular formula is C20H17F2N7. The van der Waals surface area contributed by atoms with Crippen LogP contribution in [0, 0.1) is 12.3 Å². The second-order valence-corrected chi connectivity index (χ2v) is 6.63. The lowest BCUT2D eigenvalue weighted by atomic mass is 10.0. The van der Waals surface area contributed by atoms with E-state index in [2.05, 4.69) is 20.4 Å². The molecule has 0 aliphatic rings. The lowest BCUT2D eigenvalue weighted by Crippen LogP contribution is -2.23. The average molecular weight is 393 g/mol. The van der Waals surface area contributed by atoms with Crippen LogP contribution in [0.4, 0.5) is 8.78 Å². The third-order valence-electron chi connectivity index (χ3n) is 4.85. The zero-order valence-corrected chi connectivity index (χ0v) is 15.5. The molecule has 4 rings (SSSR count). The van der Waals surface area contributed by atoms with Crippen LogP contribution in [0.5, 0.6) is 0 Å². The molecular weight excluding hydrogens is 376 g/mol. The Kier molecular flexibility index (Phi) is 4.50. The van der Waals surface area contributed by atoms with Crippen molar-refractivity contribution in [2.24, 2.45) is 16.2 Å². The molecule has 2 aromatic carbocycles. The molecule has 9 heteroatoms. The Balaban J connectivity index is 1.82. The molecule has 3 N–H and O–H groups in total. The number of aromatic nitrogens is 3. The first-order valence-corrected chi connectivity index (χ1v) is 8.79. The highest BCUT2D eigenvalue weighted by Crippen LogP contribution is 2.33. The Morgan fingerprint density at radius 3 is 2.83 bits per heavy atom. The number of nitrogens with zero attached hydrogens (tertiary/aromatic N) is 5. The van der Waals surface area contributed by atoms with Crippen LogP contribution in [-0.4, -0.2) is 20.6 Å². The summed E-state index contributed by atoms with van der Waals surface area (Å²) in [6.45, 7) is 2.23. The molecule has 0 radical (unpaired) electrons. The number of nitrogens with one attached hydrogen (secondary N) is 1. The van der Waals surface area contributed by atoms with Gasteiger partial charge in [0.15, 0.2) is 0 Å². The van der Waals surface area contributed by atoms with Crippen molar-refractivity contribution in [3.05, 3.63) is 71.7 Å². The summed E-state index contributed by atoms with van der Waals surface area (Å²) in [6.07, 6.45) is 3.50. The minimum absolute atomic E-state index is 0.370. The van der Waals surface area contributed by atoms with Gasteiger partial charge >= 0.3 is 5.92 Å². The van der Waals surface area contributed by atoms with Crippen molar-refractivity contribution < 1.29 is 8.78 Å². The molecule has 7 nitrogen and oxygen atoms in total. The summed E-state index contributed by atoms with van der Waals surface area (Å²) in [4.78, 5) is 4.13. The van der Waals surface area contributed by atoms with Crippen molar-refractivity contribution in [3.63, 3.8) is 0 Å². The van der Waals surface area contributed by atoms with Crippen molar-refractivity contribution in [2.45, 2.75) is 19.4 Å². The third-order valence-corrected chi connectivity index (χ3v) is 4.85. The number of pyridine rings is 1. The number of amidine groups is 1. The highest BCUT2D eigenvalue weighted by molar-refractivity contribution is 5.90. The van der Waals surface area contributed by atoms with Crippen molar-refractivity contribution in [1.29, 1.82) is 5.41 Å². The van der Waals surface area contributed by atoms with Gasteiger partial charge in [-0.2, -0.15) is 13.9 Å². The highest BCUT2D eigenvalue weighted by atomic mass is 19.3. The lowest BCUT2D eigenvalue weighted by Gasteiger charge is -2.14. The Bertz CT molecular complexity index is 1260. The Morgan fingerprint density at radius 1 is 1.21 bits per heavy atom. The second kappa shape index (κ2) is 7.01. The number of nitrogens with two attached hydrogens (primary N) is 1. The summed E-state index contributed by atoms with van der Waals surface area (Å²) in [5.74, 6) is -0.0195. The van der Waals surface area contributed by atoms with Crippen LogP contribution in [0.25, 0.3) is 21.7 Å². The SMILES string of the molecule is Cc1nn(Cc2cccc3cnccc23)c2cc(C(F)(F)C(=N)N=NN)ccc12. The molecule has 0 amide bonds. The Hall–Kier alpha value is -3.75. The van der Waals surface area contributed by atoms with Gasteiger partial charge in [-0.25, -0.2) is 0 Å². The quantitative estimate of drug-likeness (QED) is 0.177. The number of rotatable bonds is 4. The monoisotopic (exact) mass is 393 g/mol. The molecule has 0 atom stereocenters. The Labute approximate surface area is 164 Å². The second-order valence-electron chi connectivity index (χ2n) is 6.63. The van der Waals surface area contributed by atoms with E-state index in [9.17, 15) is 8.78 Å². The van der Waals surface area contributed by atoms with E-state index in [-0.39, 0.29) is 5.56 Å². The number of benzene rings is 2. The average Bonchev–Trinajstić information content (AvgIpc) is 3.03. The normalized spacial score (nSPS) is 12.2. The van der Waals surface area contributed by atoms with Crippen molar-refractivity contribution in [3.8, 4) is 0 Å². The van der Waals surface area contributed by atoms with Gasteiger partial charge in [-0.05, 0) is 30.0 Å². The fourth-order valence-corrected chi connectivity index (χ4v) is 3.40. The largest absolute Gasteiger partial charge is 0.333 e. The number of hydrogen-bond acceptors (Lipinski definition) is 4. The van der Waals surface area contributed by atoms with Crippen LogP contribution >= 0.6 is 0 Å². The fraction of sp³-hybridized carbons (Fsp3) is 0.150. The molecule has 0 saturated carbocycles. The summed E-state index contributed by atoms with van der Waals surface area (Å²) in [6, 6.07) is 12.0. The zero-order chi connectivity index (χ0) is 20.6. The van der Waals surface area contributed by atoms with E-state index in [0.29, 0.717) is 12.1 Å². The van der Waals surface area contributed by atoms with E-state index in [4.69, 9.17) is 11.3 Å². The number of halogens is 2. The van der Waals surface area contributed by atoms with Gasteiger partial charge in [-0.1, -0.05) is 35.6 Å². The van der Waals surface area contributed by atoms with Crippen LogP contribution in [-0.2, 0) is 12.5 Å².